The van der Waals surface area contributed by atoms with Gasteiger partial charge in [-0.05, 0) is 12.1 Å². The predicted molar refractivity (Wildman–Crippen MR) is 67.7 cm³/mol. The van der Waals surface area contributed by atoms with E-state index in [2.05, 4.69) is 0 Å². The Labute approximate surface area is 115 Å². The van der Waals surface area contributed by atoms with Gasteiger partial charge in [-0.2, -0.15) is 0 Å². The zero-order valence-corrected chi connectivity index (χ0v) is 11.6. The molecule has 2 rings (SSSR count). The maximum absolute atomic E-state index is 13.6. The Morgan fingerprint density at radius 1 is 1.17 bits per heavy atom. The van der Waals surface area contributed by atoms with Crippen molar-refractivity contribution in [1.82, 2.24) is 0 Å². The zero-order valence-electron chi connectivity index (χ0n) is 8.45. The van der Waals surface area contributed by atoms with Crippen LogP contribution in [0.1, 0.15) is 0 Å². The van der Waals surface area contributed by atoms with Crippen LogP contribution in [0.25, 0.3) is 11.1 Å². The lowest BCUT2D eigenvalue weighted by atomic mass is 10.1. The van der Waals surface area contributed by atoms with Gasteiger partial charge in [0, 0.05) is 21.8 Å². The van der Waals surface area contributed by atoms with Crippen molar-refractivity contribution >= 4 is 42.7 Å². The van der Waals surface area contributed by atoms with Crippen molar-refractivity contribution in [3.8, 4) is 11.1 Å². The first-order valence-corrected chi connectivity index (χ1v) is 7.99. The maximum atomic E-state index is 13.6. The molecule has 0 unspecified atom stereocenters. The Kier molecular flexibility index (Phi) is 3.64. The Hall–Kier alpha value is -0.690. The van der Waals surface area contributed by atoms with Crippen LogP contribution < -0.4 is 0 Å². The van der Waals surface area contributed by atoms with Crippen molar-refractivity contribution < 1.29 is 17.2 Å². The summed E-state index contributed by atoms with van der Waals surface area (Å²) in [4.78, 5) is 0. The van der Waals surface area contributed by atoms with Gasteiger partial charge in [-0.3, -0.25) is 0 Å². The molecule has 0 amide bonds. The van der Waals surface area contributed by atoms with Crippen LogP contribution >= 0.6 is 33.6 Å². The molecule has 0 aliphatic heterocycles. The van der Waals surface area contributed by atoms with Crippen molar-refractivity contribution in [3.63, 3.8) is 0 Å². The van der Waals surface area contributed by atoms with Crippen LogP contribution in [-0.4, -0.2) is 8.42 Å². The van der Waals surface area contributed by atoms with Crippen LogP contribution in [-0.2, 0) is 9.05 Å². The summed E-state index contributed by atoms with van der Waals surface area (Å²) in [5.74, 6) is -2.12. The molecule has 1 aromatic heterocycles. The molecular formula is C10H4Cl2F2O2S2. The molecule has 18 heavy (non-hydrogen) atoms. The molecule has 0 radical (unpaired) electrons. The standard InChI is InChI=1S/C10H4Cl2F2O2S2/c11-10-6(4-8(17-10)18(12,15)16)5-2-1-3-7(13)9(5)14/h1-4H. The third-order valence-corrected chi connectivity index (χ3v) is 5.58. The molecule has 2 aromatic rings. The van der Waals surface area contributed by atoms with Crippen LogP contribution in [0.2, 0.25) is 4.34 Å². The van der Waals surface area contributed by atoms with E-state index in [4.69, 9.17) is 22.3 Å². The highest BCUT2D eigenvalue weighted by Gasteiger charge is 2.20. The minimum absolute atomic E-state index is 0.0266. The van der Waals surface area contributed by atoms with E-state index in [0.29, 0.717) is 11.3 Å². The van der Waals surface area contributed by atoms with Gasteiger partial charge in [0.05, 0.1) is 0 Å². The molecule has 0 spiro atoms. The second-order valence-corrected chi connectivity index (χ2v) is 7.74. The van der Waals surface area contributed by atoms with E-state index in [1.807, 2.05) is 0 Å². The molecule has 1 aromatic carbocycles. The van der Waals surface area contributed by atoms with E-state index in [9.17, 15) is 17.2 Å². The summed E-state index contributed by atoms with van der Waals surface area (Å²) in [6.45, 7) is 0. The molecule has 0 saturated carbocycles. The number of hydrogen-bond acceptors (Lipinski definition) is 3. The van der Waals surface area contributed by atoms with E-state index in [0.717, 1.165) is 12.1 Å². The third kappa shape index (κ3) is 2.51. The normalized spacial score (nSPS) is 11.8. The molecule has 0 N–H and O–H groups in total. The Balaban J connectivity index is 2.66. The van der Waals surface area contributed by atoms with Crippen LogP contribution in [0.4, 0.5) is 8.78 Å². The number of benzene rings is 1. The van der Waals surface area contributed by atoms with Crippen LogP contribution in [0.3, 0.4) is 0 Å². The molecule has 96 valence electrons. The van der Waals surface area contributed by atoms with Crippen molar-refractivity contribution in [2.45, 2.75) is 4.21 Å². The van der Waals surface area contributed by atoms with Gasteiger partial charge in [0.15, 0.2) is 11.6 Å². The number of rotatable bonds is 2. The molecule has 0 saturated heterocycles. The lowest BCUT2D eigenvalue weighted by molar-refractivity contribution is 0.511. The first-order chi connectivity index (χ1) is 8.30. The van der Waals surface area contributed by atoms with Gasteiger partial charge in [0.1, 0.15) is 8.55 Å². The Bertz CT molecular complexity index is 711. The number of halogens is 4. The van der Waals surface area contributed by atoms with Crippen LogP contribution in [0.15, 0.2) is 28.5 Å². The van der Waals surface area contributed by atoms with Gasteiger partial charge in [-0.1, -0.05) is 23.7 Å². The van der Waals surface area contributed by atoms with Gasteiger partial charge >= 0.3 is 0 Å². The summed E-state index contributed by atoms with van der Waals surface area (Å²) >= 11 is 6.50. The quantitative estimate of drug-likeness (QED) is 0.771. The Morgan fingerprint density at radius 2 is 1.83 bits per heavy atom. The van der Waals surface area contributed by atoms with Gasteiger partial charge in [-0.25, -0.2) is 17.2 Å². The highest BCUT2D eigenvalue weighted by molar-refractivity contribution is 8.15. The largest absolute Gasteiger partial charge is 0.270 e. The van der Waals surface area contributed by atoms with Crippen LogP contribution in [0, 0.1) is 11.6 Å². The minimum atomic E-state index is -3.95. The third-order valence-electron chi connectivity index (χ3n) is 2.15. The van der Waals surface area contributed by atoms with E-state index in [1.54, 1.807) is 0 Å². The van der Waals surface area contributed by atoms with Crippen molar-refractivity contribution in [1.29, 1.82) is 0 Å². The van der Waals surface area contributed by atoms with E-state index < -0.39 is 20.7 Å². The molecule has 0 atom stereocenters. The van der Waals surface area contributed by atoms with Gasteiger partial charge < -0.3 is 0 Å². The number of hydrogen-bond donors (Lipinski definition) is 0. The second-order valence-electron chi connectivity index (χ2n) is 3.29. The minimum Gasteiger partial charge on any atom is -0.206 e. The lowest BCUT2D eigenvalue weighted by Gasteiger charge is -2.01. The lowest BCUT2D eigenvalue weighted by Crippen LogP contribution is -1.88. The average Bonchev–Trinajstić information content (AvgIpc) is 2.64. The van der Waals surface area contributed by atoms with E-state index >= 15 is 0 Å². The number of thiophene rings is 1. The SMILES string of the molecule is O=S(=O)(Cl)c1cc(-c2cccc(F)c2F)c(Cl)s1. The monoisotopic (exact) mass is 328 g/mol. The molecule has 8 heteroatoms. The first-order valence-electron chi connectivity index (χ1n) is 4.49. The van der Waals surface area contributed by atoms with Gasteiger partial charge in [0.25, 0.3) is 9.05 Å². The highest BCUT2D eigenvalue weighted by Crippen LogP contribution is 2.40. The maximum Gasteiger partial charge on any atom is 0.270 e. The van der Waals surface area contributed by atoms with Crippen LogP contribution in [0.5, 0.6) is 0 Å². The second kappa shape index (κ2) is 4.77. The highest BCUT2D eigenvalue weighted by atomic mass is 35.7. The fraction of sp³-hybridized carbons (Fsp3) is 0. The van der Waals surface area contributed by atoms with Gasteiger partial charge in [-0.15, -0.1) is 11.3 Å². The predicted octanol–water partition coefficient (Wildman–Crippen LogP) is 4.27. The molecule has 0 aliphatic carbocycles. The molecular weight excluding hydrogens is 325 g/mol. The molecule has 0 fully saturated rings. The molecule has 2 nitrogen and oxygen atoms in total. The fourth-order valence-electron chi connectivity index (χ4n) is 1.36. The van der Waals surface area contributed by atoms with E-state index in [1.165, 1.54) is 12.1 Å². The Morgan fingerprint density at radius 3 is 2.39 bits per heavy atom. The smallest absolute Gasteiger partial charge is 0.206 e. The summed E-state index contributed by atoms with van der Waals surface area (Å²) < 4.78 is 48.7. The summed E-state index contributed by atoms with van der Waals surface area (Å²) in [6, 6.07) is 4.68. The summed E-state index contributed by atoms with van der Waals surface area (Å²) in [5.41, 5.74) is -0.0132. The van der Waals surface area contributed by atoms with Crippen molar-refractivity contribution in [2.24, 2.45) is 0 Å². The van der Waals surface area contributed by atoms with Crippen molar-refractivity contribution in [2.75, 3.05) is 0 Å². The van der Waals surface area contributed by atoms with Gasteiger partial charge in [0.2, 0.25) is 0 Å². The topological polar surface area (TPSA) is 34.1 Å². The molecule has 0 bridgehead atoms. The zero-order chi connectivity index (χ0) is 13.5. The van der Waals surface area contributed by atoms with E-state index in [-0.39, 0.29) is 19.7 Å². The summed E-state index contributed by atoms with van der Waals surface area (Å²) in [5, 5.41) is 0. The first kappa shape index (κ1) is 13.7. The molecule has 0 aliphatic rings. The summed E-state index contributed by atoms with van der Waals surface area (Å²) in [6.07, 6.45) is 0. The average molecular weight is 329 g/mol. The van der Waals surface area contributed by atoms with Crippen molar-refractivity contribution in [3.05, 3.63) is 40.2 Å². The molecule has 1 heterocycles. The fourth-order valence-corrected chi connectivity index (χ4v) is 3.86. The summed E-state index contributed by atoms with van der Waals surface area (Å²) in [7, 11) is 1.21.